The molecule has 19 heavy (non-hydrogen) atoms. The number of hydrogen-bond acceptors (Lipinski definition) is 6. The second-order valence-electron chi connectivity index (χ2n) is 5.19. The molecule has 2 heterocycles. The minimum absolute atomic E-state index is 0.126. The number of piperazine rings is 1. The van der Waals surface area contributed by atoms with Gasteiger partial charge in [0.1, 0.15) is 6.54 Å². The van der Waals surface area contributed by atoms with E-state index in [0.717, 1.165) is 0 Å². The van der Waals surface area contributed by atoms with Gasteiger partial charge in [0.25, 0.3) is 0 Å². The molecule has 0 aliphatic carbocycles. The number of hydrogen-bond donors (Lipinski definition) is 1. The van der Waals surface area contributed by atoms with E-state index in [0.29, 0.717) is 18.9 Å². The predicted molar refractivity (Wildman–Crippen MR) is 64.6 cm³/mol. The van der Waals surface area contributed by atoms with Gasteiger partial charge >= 0.3 is 11.8 Å². The number of amides is 2. The van der Waals surface area contributed by atoms with E-state index < -0.39 is 17.4 Å². The molecule has 1 aliphatic rings. The molecule has 0 aromatic carbocycles. The molecule has 1 aromatic rings. The van der Waals surface area contributed by atoms with Crippen LogP contribution >= 0.6 is 0 Å². The minimum Gasteiger partial charge on any atom is -0.337 e. The smallest absolute Gasteiger partial charge is 0.312 e. The molecule has 2 N–H and O–H groups in total. The van der Waals surface area contributed by atoms with Crippen LogP contribution in [0.25, 0.3) is 0 Å². The zero-order chi connectivity index (χ0) is 14.2. The lowest BCUT2D eigenvalue weighted by molar-refractivity contribution is -0.155. The fourth-order valence-electron chi connectivity index (χ4n) is 1.67. The van der Waals surface area contributed by atoms with Gasteiger partial charge in [-0.25, -0.2) is 0 Å². The molecular formula is C11H17N5O3. The SMILES string of the molecule is CN1CCN(Cc2nc(C(C)(C)N)no2)C(=O)C1=O. The van der Waals surface area contributed by atoms with Gasteiger partial charge in [0.05, 0.1) is 5.54 Å². The number of aromatic nitrogens is 2. The van der Waals surface area contributed by atoms with Crippen LogP contribution in [0.5, 0.6) is 0 Å². The standard InChI is InChI=1S/C11H17N5O3/c1-11(2,12)10-13-7(19-14-10)6-16-5-4-15(3)8(17)9(16)18/h4-6,12H2,1-3H3. The van der Waals surface area contributed by atoms with Gasteiger partial charge in [-0.3, -0.25) is 9.59 Å². The summed E-state index contributed by atoms with van der Waals surface area (Å²) in [7, 11) is 1.60. The van der Waals surface area contributed by atoms with Crippen LogP contribution in [0, 0.1) is 0 Å². The van der Waals surface area contributed by atoms with Crippen LogP contribution in [0.2, 0.25) is 0 Å². The number of nitrogens with zero attached hydrogens (tertiary/aromatic N) is 4. The van der Waals surface area contributed by atoms with Crippen LogP contribution in [0.3, 0.4) is 0 Å². The zero-order valence-corrected chi connectivity index (χ0v) is 11.2. The highest BCUT2D eigenvalue weighted by Gasteiger charge is 2.31. The van der Waals surface area contributed by atoms with Crippen LogP contribution in [-0.4, -0.2) is 51.9 Å². The van der Waals surface area contributed by atoms with Gasteiger partial charge in [0, 0.05) is 20.1 Å². The third kappa shape index (κ3) is 2.73. The molecule has 0 saturated carbocycles. The molecule has 8 heteroatoms. The molecule has 2 amide bonds. The van der Waals surface area contributed by atoms with Gasteiger partial charge in [0.2, 0.25) is 5.89 Å². The molecule has 8 nitrogen and oxygen atoms in total. The van der Waals surface area contributed by atoms with E-state index in [9.17, 15) is 9.59 Å². The maximum absolute atomic E-state index is 11.8. The summed E-state index contributed by atoms with van der Waals surface area (Å²) in [6, 6.07) is 0. The van der Waals surface area contributed by atoms with E-state index in [1.165, 1.54) is 9.80 Å². The summed E-state index contributed by atoms with van der Waals surface area (Å²) >= 11 is 0. The van der Waals surface area contributed by atoms with Crippen molar-refractivity contribution in [3.8, 4) is 0 Å². The first-order chi connectivity index (χ1) is 8.79. The molecule has 0 atom stereocenters. The van der Waals surface area contributed by atoms with Gasteiger partial charge in [0.15, 0.2) is 5.82 Å². The van der Waals surface area contributed by atoms with Crippen molar-refractivity contribution in [2.24, 2.45) is 5.73 Å². The number of rotatable bonds is 3. The van der Waals surface area contributed by atoms with Crippen molar-refractivity contribution >= 4 is 11.8 Å². The van der Waals surface area contributed by atoms with Crippen molar-refractivity contribution in [3.63, 3.8) is 0 Å². The average Bonchev–Trinajstić information content (AvgIpc) is 2.78. The Balaban J connectivity index is 2.08. The lowest BCUT2D eigenvalue weighted by Gasteiger charge is -2.30. The third-order valence-electron chi connectivity index (χ3n) is 2.89. The number of carbonyl (C=O) groups excluding carboxylic acids is 2. The summed E-state index contributed by atoms with van der Waals surface area (Å²) in [5, 5.41) is 3.77. The largest absolute Gasteiger partial charge is 0.337 e. The van der Waals surface area contributed by atoms with Crippen LogP contribution < -0.4 is 5.73 Å². The van der Waals surface area contributed by atoms with Gasteiger partial charge in [-0.2, -0.15) is 4.98 Å². The van der Waals surface area contributed by atoms with E-state index in [1.807, 2.05) is 0 Å². The maximum atomic E-state index is 11.8. The Labute approximate surface area is 110 Å². The van der Waals surface area contributed by atoms with Crippen molar-refractivity contribution in [1.29, 1.82) is 0 Å². The molecule has 1 aliphatic heterocycles. The van der Waals surface area contributed by atoms with E-state index in [2.05, 4.69) is 10.1 Å². The topological polar surface area (TPSA) is 106 Å². The molecule has 2 rings (SSSR count). The predicted octanol–water partition coefficient (Wildman–Crippen LogP) is -0.936. The van der Waals surface area contributed by atoms with E-state index in [1.54, 1.807) is 20.9 Å². The average molecular weight is 267 g/mol. The van der Waals surface area contributed by atoms with Crippen LogP contribution in [0.1, 0.15) is 25.6 Å². The Kier molecular flexibility index (Phi) is 3.27. The first-order valence-corrected chi connectivity index (χ1v) is 5.95. The third-order valence-corrected chi connectivity index (χ3v) is 2.89. The Morgan fingerprint density at radius 1 is 1.32 bits per heavy atom. The highest BCUT2D eigenvalue weighted by Crippen LogP contribution is 2.14. The second kappa shape index (κ2) is 4.61. The Hall–Kier alpha value is -1.96. The molecule has 0 bridgehead atoms. The van der Waals surface area contributed by atoms with Crippen molar-refractivity contribution in [2.75, 3.05) is 20.1 Å². The fraction of sp³-hybridized carbons (Fsp3) is 0.636. The highest BCUT2D eigenvalue weighted by molar-refractivity contribution is 6.35. The van der Waals surface area contributed by atoms with Gasteiger partial charge in [-0.05, 0) is 13.8 Å². The lowest BCUT2D eigenvalue weighted by atomic mass is 10.1. The highest BCUT2D eigenvalue weighted by atomic mass is 16.5. The van der Waals surface area contributed by atoms with Crippen molar-refractivity contribution in [1.82, 2.24) is 19.9 Å². The maximum Gasteiger partial charge on any atom is 0.312 e. The minimum atomic E-state index is -0.705. The quantitative estimate of drug-likeness (QED) is 0.709. The van der Waals surface area contributed by atoms with Crippen molar-refractivity contribution in [2.45, 2.75) is 25.9 Å². The van der Waals surface area contributed by atoms with Crippen LogP contribution in [0.15, 0.2) is 4.52 Å². The van der Waals surface area contributed by atoms with E-state index >= 15 is 0 Å². The second-order valence-corrected chi connectivity index (χ2v) is 5.19. The molecule has 1 aromatic heterocycles. The van der Waals surface area contributed by atoms with E-state index in [4.69, 9.17) is 10.3 Å². The van der Waals surface area contributed by atoms with Gasteiger partial charge in [-0.15, -0.1) is 0 Å². The summed E-state index contributed by atoms with van der Waals surface area (Å²) in [5.74, 6) is -0.430. The molecule has 1 saturated heterocycles. The molecule has 104 valence electrons. The van der Waals surface area contributed by atoms with E-state index in [-0.39, 0.29) is 12.4 Å². The summed E-state index contributed by atoms with van der Waals surface area (Å²) in [5.41, 5.74) is 5.14. The number of likely N-dealkylation sites (N-methyl/N-ethyl adjacent to an activating group) is 1. The summed E-state index contributed by atoms with van der Waals surface area (Å²) in [6.45, 7) is 4.58. The zero-order valence-electron chi connectivity index (χ0n) is 11.2. The van der Waals surface area contributed by atoms with Crippen molar-refractivity contribution < 1.29 is 14.1 Å². The summed E-state index contributed by atoms with van der Waals surface area (Å²) in [4.78, 5) is 30.2. The Bertz CT molecular complexity index is 505. The normalized spacial score (nSPS) is 17.3. The van der Waals surface area contributed by atoms with Crippen molar-refractivity contribution in [3.05, 3.63) is 11.7 Å². The molecule has 0 unspecified atom stereocenters. The van der Waals surface area contributed by atoms with Crippen LogP contribution in [-0.2, 0) is 21.7 Å². The monoisotopic (exact) mass is 267 g/mol. The summed E-state index contributed by atoms with van der Waals surface area (Å²) < 4.78 is 5.04. The van der Waals surface area contributed by atoms with Crippen LogP contribution in [0.4, 0.5) is 0 Å². The molecular weight excluding hydrogens is 250 g/mol. The first kappa shape index (κ1) is 13.5. The Morgan fingerprint density at radius 2 is 2.00 bits per heavy atom. The summed E-state index contributed by atoms with van der Waals surface area (Å²) in [6.07, 6.45) is 0. The molecule has 0 spiro atoms. The Morgan fingerprint density at radius 3 is 2.58 bits per heavy atom. The number of carbonyl (C=O) groups is 2. The lowest BCUT2D eigenvalue weighted by Crippen LogP contribution is -2.52. The molecule has 1 fully saturated rings. The fourth-order valence-corrected chi connectivity index (χ4v) is 1.67. The first-order valence-electron chi connectivity index (χ1n) is 5.95. The van der Waals surface area contributed by atoms with Gasteiger partial charge in [-0.1, -0.05) is 5.16 Å². The molecule has 0 radical (unpaired) electrons. The van der Waals surface area contributed by atoms with Gasteiger partial charge < -0.3 is 20.1 Å². The number of nitrogens with two attached hydrogens (primary N) is 1.